The van der Waals surface area contributed by atoms with Gasteiger partial charge < -0.3 is 9.64 Å². The first-order chi connectivity index (χ1) is 9.82. The van der Waals surface area contributed by atoms with Crippen molar-refractivity contribution in [2.45, 2.75) is 23.8 Å². The van der Waals surface area contributed by atoms with E-state index in [-0.39, 0.29) is 27.5 Å². The monoisotopic (exact) mass is 332 g/mol. The number of carbonyl (C=O) groups excluding carboxylic acids is 1. The maximum Gasteiger partial charge on any atom is 0.253 e. The van der Waals surface area contributed by atoms with Crippen LogP contribution in [0.4, 0.5) is 0 Å². The first kappa shape index (κ1) is 16.2. The van der Waals surface area contributed by atoms with Crippen molar-refractivity contribution in [2.75, 3.05) is 20.2 Å². The quantitative estimate of drug-likeness (QED) is 0.901. The third kappa shape index (κ3) is 3.74. The number of likely N-dealkylation sites (tertiary alicyclic amines) is 1. The van der Waals surface area contributed by atoms with Crippen molar-refractivity contribution in [3.05, 3.63) is 28.8 Å². The van der Waals surface area contributed by atoms with E-state index in [1.54, 1.807) is 12.0 Å². The van der Waals surface area contributed by atoms with Gasteiger partial charge in [-0.15, -0.1) is 0 Å². The molecule has 0 bridgehead atoms. The summed E-state index contributed by atoms with van der Waals surface area (Å²) in [7, 11) is -2.35. The summed E-state index contributed by atoms with van der Waals surface area (Å²) in [6.07, 6.45) is 1.76. The zero-order valence-corrected chi connectivity index (χ0v) is 13.2. The molecule has 2 rings (SSSR count). The number of nitrogens with two attached hydrogens (primary N) is 1. The first-order valence-electron chi connectivity index (χ1n) is 6.47. The minimum absolute atomic E-state index is 0.00228. The number of methoxy groups -OCH3 is 1. The van der Waals surface area contributed by atoms with Crippen LogP contribution in [0, 0.1) is 0 Å². The number of carbonyl (C=O) groups is 1. The highest BCUT2D eigenvalue weighted by Gasteiger charge is 2.25. The van der Waals surface area contributed by atoms with E-state index in [0.29, 0.717) is 13.1 Å². The molecule has 0 aliphatic carbocycles. The molecule has 1 aliphatic heterocycles. The average Bonchev–Trinajstić information content (AvgIpc) is 2.46. The lowest BCUT2D eigenvalue weighted by Gasteiger charge is -2.32. The number of primary sulfonamides is 1. The molecular weight excluding hydrogens is 316 g/mol. The predicted octanol–water partition coefficient (Wildman–Crippen LogP) is 1.24. The van der Waals surface area contributed by atoms with Crippen LogP contribution in [0.5, 0.6) is 0 Å². The van der Waals surface area contributed by atoms with Crippen LogP contribution in [0.25, 0.3) is 0 Å². The van der Waals surface area contributed by atoms with Gasteiger partial charge in [0, 0.05) is 25.8 Å². The topological polar surface area (TPSA) is 89.7 Å². The number of hydrogen-bond acceptors (Lipinski definition) is 4. The summed E-state index contributed by atoms with van der Waals surface area (Å²) in [6, 6.07) is 4.08. The lowest BCUT2D eigenvalue weighted by atomic mass is 10.1. The Morgan fingerprint density at radius 2 is 2.19 bits per heavy atom. The van der Waals surface area contributed by atoms with Gasteiger partial charge >= 0.3 is 0 Å². The van der Waals surface area contributed by atoms with Crippen LogP contribution in [0.2, 0.25) is 5.02 Å². The van der Waals surface area contributed by atoms with E-state index in [2.05, 4.69) is 0 Å². The Bertz CT molecular complexity index is 648. The van der Waals surface area contributed by atoms with Crippen LogP contribution < -0.4 is 5.14 Å². The number of sulfonamides is 1. The number of hydrogen-bond donors (Lipinski definition) is 1. The number of amides is 1. The highest BCUT2D eigenvalue weighted by Crippen LogP contribution is 2.23. The predicted molar refractivity (Wildman–Crippen MR) is 78.8 cm³/mol. The maximum absolute atomic E-state index is 12.4. The van der Waals surface area contributed by atoms with Gasteiger partial charge in [0.05, 0.1) is 11.1 Å². The lowest BCUT2D eigenvalue weighted by molar-refractivity contribution is 0.0269. The number of nitrogens with zero attached hydrogens (tertiary/aromatic N) is 1. The van der Waals surface area contributed by atoms with Gasteiger partial charge in [-0.3, -0.25) is 4.79 Å². The molecule has 1 unspecified atom stereocenters. The Hall–Kier alpha value is -1.15. The van der Waals surface area contributed by atoms with E-state index in [4.69, 9.17) is 21.5 Å². The van der Waals surface area contributed by atoms with Gasteiger partial charge in [0.15, 0.2) is 0 Å². The van der Waals surface area contributed by atoms with Gasteiger partial charge in [-0.05, 0) is 31.0 Å². The van der Waals surface area contributed by atoms with Gasteiger partial charge in [0.25, 0.3) is 5.91 Å². The number of piperidine rings is 1. The van der Waals surface area contributed by atoms with Crippen LogP contribution >= 0.6 is 11.6 Å². The van der Waals surface area contributed by atoms with Gasteiger partial charge in [-0.2, -0.15) is 0 Å². The molecule has 0 spiro atoms. The Kier molecular flexibility index (Phi) is 4.88. The zero-order chi connectivity index (χ0) is 15.6. The van der Waals surface area contributed by atoms with E-state index < -0.39 is 10.0 Å². The molecule has 116 valence electrons. The molecule has 0 aromatic heterocycles. The Labute approximate surface area is 128 Å². The minimum atomic E-state index is -3.96. The fourth-order valence-corrected chi connectivity index (χ4v) is 3.42. The van der Waals surface area contributed by atoms with Crippen molar-refractivity contribution in [2.24, 2.45) is 5.14 Å². The maximum atomic E-state index is 12.4. The Morgan fingerprint density at radius 3 is 2.81 bits per heavy atom. The molecule has 2 N–H and O–H groups in total. The first-order valence-corrected chi connectivity index (χ1v) is 8.40. The molecule has 8 heteroatoms. The number of ether oxygens (including phenoxy) is 1. The third-order valence-electron chi connectivity index (χ3n) is 3.48. The van der Waals surface area contributed by atoms with Gasteiger partial charge in [-0.1, -0.05) is 11.6 Å². The molecule has 1 heterocycles. The smallest absolute Gasteiger partial charge is 0.253 e. The molecule has 1 saturated heterocycles. The number of halogens is 1. The zero-order valence-electron chi connectivity index (χ0n) is 11.6. The molecule has 1 amide bonds. The van der Waals surface area contributed by atoms with Crippen LogP contribution in [-0.2, 0) is 14.8 Å². The molecule has 0 radical (unpaired) electrons. The number of rotatable bonds is 3. The summed E-state index contributed by atoms with van der Waals surface area (Å²) in [4.78, 5) is 13.8. The largest absolute Gasteiger partial charge is 0.380 e. The van der Waals surface area contributed by atoms with Crippen LogP contribution in [0.3, 0.4) is 0 Å². The van der Waals surface area contributed by atoms with Gasteiger partial charge in [-0.25, -0.2) is 13.6 Å². The highest BCUT2D eigenvalue weighted by atomic mass is 35.5. The second kappa shape index (κ2) is 6.31. The molecule has 1 aromatic rings. The van der Waals surface area contributed by atoms with Gasteiger partial charge in [0.2, 0.25) is 10.0 Å². The molecular formula is C13H17ClN2O4S. The summed E-state index contributed by atoms with van der Waals surface area (Å²) in [5.41, 5.74) is 0.250. The highest BCUT2D eigenvalue weighted by molar-refractivity contribution is 7.89. The normalized spacial score (nSPS) is 19.6. The lowest BCUT2D eigenvalue weighted by Crippen LogP contribution is -2.42. The average molecular weight is 333 g/mol. The van der Waals surface area contributed by atoms with E-state index >= 15 is 0 Å². The van der Waals surface area contributed by atoms with Crippen molar-refractivity contribution in [3.8, 4) is 0 Å². The fourth-order valence-electron chi connectivity index (χ4n) is 2.35. The molecule has 6 nitrogen and oxygen atoms in total. The molecule has 1 atom stereocenters. The van der Waals surface area contributed by atoms with Gasteiger partial charge in [0.1, 0.15) is 4.90 Å². The standard InChI is InChI=1S/C13H17ClN2O4S/c1-20-10-3-2-6-16(8-10)13(17)9-4-5-11(14)12(7-9)21(15,18)19/h4-5,7,10H,2-3,6,8H2,1H3,(H2,15,18,19). The second-order valence-electron chi connectivity index (χ2n) is 4.94. The van der Waals surface area contributed by atoms with Crippen molar-refractivity contribution in [1.29, 1.82) is 0 Å². The Morgan fingerprint density at radius 1 is 1.48 bits per heavy atom. The van der Waals surface area contributed by atoms with Crippen molar-refractivity contribution < 1.29 is 17.9 Å². The van der Waals surface area contributed by atoms with Crippen LogP contribution in [0.1, 0.15) is 23.2 Å². The molecule has 1 aliphatic rings. The second-order valence-corrected chi connectivity index (χ2v) is 6.88. The van der Waals surface area contributed by atoms with E-state index in [1.807, 2.05) is 0 Å². The van der Waals surface area contributed by atoms with E-state index in [0.717, 1.165) is 12.8 Å². The van der Waals surface area contributed by atoms with Crippen LogP contribution in [0.15, 0.2) is 23.1 Å². The summed E-state index contributed by atoms with van der Waals surface area (Å²) in [6.45, 7) is 1.11. The molecule has 1 fully saturated rings. The summed E-state index contributed by atoms with van der Waals surface area (Å²) >= 11 is 5.81. The minimum Gasteiger partial charge on any atom is -0.380 e. The van der Waals surface area contributed by atoms with Crippen LogP contribution in [-0.4, -0.2) is 45.5 Å². The van der Waals surface area contributed by atoms with Crippen molar-refractivity contribution in [3.63, 3.8) is 0 Å². The molecule has 1 aromatic carbocycles. The molecule has 21 heavy (non-hydrogen) atoms. The Balaban J connectivity index is 2.28. The van der Waals surface area contributed by atoms with Crippen molar-refractivity contribution >= 4 is 27.5 Å². The fraction of sp³-hybridized carbons (Fsp3) is 0.462. The van der Waals surface area contributed by atoms with E-state index in [1.165, 1.54) is 18.2 Å². The number of benzene rings is 1. The van der Waals surface area contributed by atoms with Crippen molar-refractivity contribution in [1.82, 2.24) is 4.90 Å². The molecule has 0 saturated carbocycles. The summed E-state index contributed by atoms with van der Waals surface area (Å²) in [5, 5.41) is 5.09. The third-order valence-corrected chi connectivity index (χ3v) is 4.88. The summed E-state index contributed by atoms with van der Waals surface area (Å²) in [5.74, 6) is -0.252. The van der Waals surface area contributed by atoms with E-state index in [9.17, 15) is 13.2 Å². The SMILES string of the molecule is COC1CCCN(C(=O)c2ccc(Cl)c(S(N)(=O)=O)c2)C1. The summed E-state index contributed by atoms with van der Waals surface area (Å²) < 4.78 is 28.2.